The van der Waals surface area contributed by atoms with Crippen molar-refractivity contribution in [1.29, 1.82) is 0 Å². The van der Waals surface area contributed by atoms with Crippen LogP contribution >= 0.6 is 0 Å². The molecule has 0 amide bonds. The number of hydrogen-bond acceptors (Lipinski definition) is 3. The molecular formula is C30H33N5. The Morgan fingerprint density at radius 1 is 1.14 bits per heavy atom. The summed E-state index contributed by atoms with van der Waals surface area (Å²) in [6, 6.07) is 12.5. The van der Waals surface area contributed by atoms with E-state index in [1.165, 1.54) is 32.1 Å². The molecule has 0 saturated heterocycles. The predicted octanol–water partition coefficient (Wildman–Crippen LogP) is 6.14. The minimum Gasteiger partial charge on any atom is -0.358 e. The Morgan fingerprint density at radius 3 is 2.80 bits per heavy atom. The number of nitrogens with one attached hydrogen (secondary N) is 3. The Labute approximate surface area is 206 Å². The van der Waals surface area contributed by atoms with E-state index in [1.807, 2.05) is 30.6 Å². The van der Waals surface area contributed by atoms with Gasteiger partial charge in [-0.2, -0.15) is 5.10 Å². The highest BCUT2D eigenvalue weighted by Crippen LogP contribution is 2.29. The third-order valence-electron chi connectivity index (χ3n) is 6.96. The first-order chi connectivity index (χ1) is 17.1. The smallest absolute Gasteiger partial charge is 0.116 e. The second kappa shape index (κ2) is 10.2. The number of pyridine rings is 1. The molecule has 0 aliphatic heterocycles. The number of allylic oxidation sites excluding steroid dienone is 3. The molecule has 5 rings (SSSR count). The number of benzene rings is 1. The maximum atomic E-state index is 4.52. The summed E-state index contributed by atoms with van der Waals surface area (Å²) in [5.74, 6) is 0.761. The first kappa shape index (κ1) is 22.9. The van der Waals surface area contributed by atoms with Crippen molar-refractivity contribution in [3.63, 3.8) is 0 Å². The Balaban J connectivity index is 1.31. The Hall–Kier alpha value is -3.86. The number of aromatic nitrogens is 4. The normalized spacial score (nSPS) is 15.6. The number of fused-ring (bicyclic) bond motifs is 1. The molecule has 4 aromatic rings. The molecule has 5 heteroatoms. The van der Waals surface area contributed by atoms with Gasteiger partial charge in [-0.3, -0.25) is 10.1 Å². The van der Waals surface area contributed by atoms with E-state index in [0.29, 0.717) is 0 Å². The van der Waals surface area contributed by atoms with Gasteiger partial charge in [0, 0.05) is 28.0 Å². The minimum atomic E-state index is 0.761. The van der Waals surface area contributed by atoms with E-state index in [1.54, 1.807) is 0 Å². The van der Waals surface area contributed by atoms with E-state index in [9.17, 15) is 0 Å². The van der Waals surface area contributed by atoms with Gasteiger partial charge in [0.05, 0.1) is 22.9 Å². The molecule has 3 heterocycles. The number of para-hydroxylation sites is 1. The summed E-state index contributed by atoms with van der Waals surface area (Å²) in [6.07, 6.45) is 15.6. The molecule has 178 valence electrons. The van der Waals surface area contributed by atoms with Gasteiger partial charge >= 0.3 is 0 Å². The van der Waals surface area contributed by atoms with E-state index in [0.717, 1.165) is 67.7 Å². The first-order valence-corrected chi connectivity index (χ1v) is 12.5. The van der Waals surface area contributed by atoms with Gasteiger partial charge in [-0.15, -0.1) is 0 Å². The molecule has 0 unspecified atom stereocenters. The third-order valence-corrected chi connectivity index (χ3v) is 6.96. The molecule has 35 heavy (non-hydrogen) atoms. The van der Waals surface area contributed by atoms with Gasteiger partial charge in [0.25, 0.3) is 0 Å². The van der Waals surface area contributed by atoms with Crippen LogP contribution in [0, 0.1) is 5.92 Å². The van der Waals surface area contributed by atoms with Crippen LogP contribution in [0.1, 0.15) is 51.0 Å². The van der Waals surface area contributed by atoms with E-state index in [2.05, 4.69) is 75.9 Å². The molecule has 3 aromatic heterocycles. The maximum Gasteiger partial charge on any atom is 0.116 e. The summed E-state index contributed by atoms with van der Waals surface area (Å²) in [7, 11) is 0. The second-order valence-corrected chi connectivity index (χ2v) is 9.65. The highest BCUT2D eigenvalue weighted by Gasteiger charge is 2.14. The lowest BCUT2D eigenvalue weighted by molar-refractivity contribution is 0.357. The van der Waals surface area contributed by atoms with Crippen LogP contribution in [0.5, 0.6) is 0 Å². The van der Waals surface area contributed by atoms with E-state index >= 15 is 0 Å². The number of rotatable bonds is 7. The molecule has 0 bridgehead atoms. The molecule has 3 N–H and O–H groups in total. The van der Waals surface area contributed by atoms with Crippen molar-refractivity contribution in [2.75, 3.05) is 5.32 Å². The Kier molecular flexibility index (Phi) is 6.66. The maximum absolute atomic E-state index is 4.52. The van der Waals surface area contributed by atoms with Gasteiger partial charge in [-0.05, 0) is 54.7 Å². The summed E-state index contributed by atoms with van der Waals surface area (Å²) in [5, 5.41) is 14.0. The molecule has 0 atom stereocenters. The van der Waals surface area contributed by atoms with Gasteiger partial charge in [0.1, 0.15) is 5.69 Å². The van der Waals surface area contributed by atoms with E-state index in [4.69, 9.17) is 0 Å². The van der Waals surface area contributed by atoms with Crippen LogP contribution in [0.3, 0.4) is 0 Å². The van der Waals surface area contributed by atoms with Gasteiger partial charge in [0.2, 0.25) is 0 Å². The van der Waals surface area contributed by atoms with Crippen LogP contribution in [-0.4, -0.2) is 20.2 Å². The Morgan fingerprint density at radius 2 is 1.97 bits per heavy atom. The van der Waals surface area contributed by atoms with Crippen LogP contribution in [0.2, 0.25) is 0 Å². The van der Waals surface area contributed by atoms with Crippen molar-refractivity contribution in [1.82, 2.24) is 20.2 Å². The zero-order valence-electron chi connectivity index (χ0n) is 20.4. The number of H-pyrrole nitrogens is 2. The monoisotopic (exact) mass is 463 g/mol. The first-order valence-electron chi connectivity index (χ1n) is 12.5. The average molecular weight is 464 g/mol. The highest BCUT2D eigenvalue weighted by molar-refractivity contribution is 5.85. The molecule has 1 fully saturated rings. The highest BCUT2D eigenvalue weighted by atomic mass is 15.1. The fourth-order valence-electron chi connectivity index (χ4n) is 4.96. The van der Waals surface area contributed by atoms with Crippen molar-refractivity contribution in [2.24, 2.45) is 5.92 Å². The molecule has 1 aromatic carbocycles. The number of nitrogens with zero attached hydrogens (tertiary/aromatic N) is 2. The molecule has 5 nitrogen and oxygen atoms in total. The van der Waals surface area contributed by atoms with Crippen molar-refractivity contribution in [3.05, 3.63) is 83.3 Å². The fraction of sp³-hybridized carbons (Fsp3) is 0.267. The molecule has 0 radical (unpaired) electrons. The number of anilines is 1. The summed E-state index contributed by atoms with van der Waals surface area (Å²) in [5.41, 5.74) is 7.13. The number of aromatic amines is 2. The molecule has 1 saturated carbocycles. The third kappa shape index (κ3) is 5.29. The SMILES string of the molecule is C=C(CC1CCCCC1)Nc1cncc(/C(C)=C/C=c2/[nH]nc(-c3cc4ccccc4[nH]3)c2=C)c1. The minimum absolute atomic E-state index is 0.761. The average Bonchev–Trinajstić information content (AvgIpc) is 3.46. The van der Waals surface area contributed by atoms with Crippen LogP contribution < -0.4 is 15.9 Å². The predicted molar refractivity (Wildman–Crippen MR) is 147 cm³/mol. The Bertz CT molecular complexity index is 1450. The second-order valence-electron chi connectivity index (χ2n) is 9.65. The van der Waals surface area contributed by atoms with Crippen LogP contribution in [-0.2, 0) is 0 Å². The van der Waals surface area contributed by atoms with Gasteiger partial charge in [-0.25, -0.2) is 0 Å². The zero-order chi connectivity index (χ0) is 24.2. The topological polar surface area (TPSA) is 69.4 Å². The fourth-order valence-corrected chi connectivity index (χ4v) is 4.96. The van der Waals surface area contributed by atoms with Crippen molar-refractivity contribution < 1.29 is 0 Å². The summed E-state index contributed by atoms with van der Waals surface area (Å²) < 4.78 is 0. The molecule has 1 aliphatic rings. The summed E-state index contributed by atoms with van der Waals surface area (Å²) >= 11 is 0. The summed E-state index contributed by atoms with van der Waals surface area (Å²) in [4.78, 5) is 7.88. The van der Waals surface area contributed by atoms with Crippen molar-refractivity contribution >= 4 is 34.8 Å². The lowest BCUT2D eigenvalue weighted by Gasteiger charge is -2.22. The molecule has 1 aliphatic carbocycles. The van der Waals surface area contributed by atoms with Gasteiger partial charge in [0.15, 0.2) is 0 Å². The van der Waals surface area contributed by atoms with Crippen molar-refractivity contribution in [2.45, 2.75) is 45.4 Å². The quantitative estimate of drug-likeness (QED) is 0.308. The van der Waals surface area contributed by atoms with E-state index < -0.39 is 0 Å². The van der Waals surface area contributed by atoms with E-state index in [-0.39, 0.29) is 0 Å². The van der Waals surface area contributed by atoms with Crippen LogP contribution in [0.4, 0.5) is 5.69 Å². The van der Waals surface area contributed by atoms with Crippen molar-refractivity contribution in [3.8, 4) is 11.4 Å². The standard InChI is InChI=1S/C30H33N5/c1-20(25-16-26(19-31-18-25)32-21(2)15-23-9-5-4-6-10-23)13-14-27-22(3)30(35-34-27)29-17-24-11-7-8-12-28(24)33-29/h7-8,11-14,16-19,23,32-34H,2-6,9-10,15H2,1H3/b20-13+,27-14+. The number of hydrogen-bond donors (Lipinski definition) is 3. The van der Waals surface area contributed by atoms with Gasteiger partial charge in [-0.1, -0.05) is 69.5 Å². The lowest BCUT2D eigenvalue weighted by atomic mass is 9.86. The van der Waals surface area contributed by atoms with Crippen LogP contribution in [0.25, 0.3) is 40.5 Å². The zero-order valence-corrected chi connectivity index (χ0v) is 20.4. The van der Waals surface area contributed by atoms with Gasteiger partial charge < -0.3 is 10.3 Å². The summed E-state index contributed by atoms with van der Waals surface area (Å²) in [6.45, 7) is 10.6. The molecule has 0 spiro atoms. The van der Waals surface area contributed by atoms with Crippen LogP contribution in [0.15, 0.2) is 67.1 Å². The lowest BCUT2D eigenvalue weighted by Crippen LogP contribution is -2.21. The molecular weight excluding hydrogens is 430 g/mol. The largest absolute Gasteiger partial charge is 0.358 e.